The van der Waals surface area contributed by atoms with Gasteiger partial charge in [-0.2, -0.15) is 0 Å². The van der Waals surface area contributed by atoms with Crippen molar-refractivity contribution in [3.63, 3.8) is 0 Å². The first kappa shape index (κ1) is 23.1. The number of nitrogens with zero attached hydrogens (tertiary/aromatic N) is 1. The number of nitrogens with one attached hydrogen (secondary N) is 1. The molecule has 0 bridgehead atoms. The molecule has 0 saturated heterocycles. The molecular formula is C26H33N3O4. The number of para-hydroxylation sites is 2. The molecule has 2 aromatic rings. The lowest BCUT2D eigenvalue weighted by molar-refractivity contribution is -0.144. The Bertz CT molecular complexity index is 956. The highest BCUT2D eigenvalue weighted by Crippen LogP contribution is 2.33. The largest absolute Gasteiger partial charge is 0.489 e. The van der Waals surface area contributed by atoms with E-state index in [-0.39, 0.29) is 24.3 Å². The molecule has 1 fully saturated rings. The van der Waals surface area contributed by atoms with E-state index in [1.54, 1.807) is 4.90 Å². The third kappa shape index (κ3) is 5.66. The molecule has 7 heteroatoms. The van der Waals surface area contributed by atoms with Gasteiger partial charge in [-0.1, -0.05) is 43.5 Å². The molecular weight excluding hydrogens is 418 g/mol. The van der Waals surface area contributed by atoms with Gasteiger partial charge in [0.25, 0.3) is 0 Å². The first-order valence-corrected chi connectivity index (χ1v) is 11.9. The van der Waals surface area contributed by atoms with E-state index in [9.17, 15) is 14.7 Å². The van der Waals surface area contributed by atoms with E-state index in [4.69, 9.17) is 10.5 Å². The molecule has 7 nitrogen and oxygen atoms in total. The summed E-state index contributed by atoms with van der Waals surface area (Å²) in [5.41, 5.74) is 8.19. The number of carboxylic acid groups (broad SMARTS) is 1. The van der Waals surface area contributed by atoms with Crippen LogP contribution in [0.2, 0.25) is 0 Å². The van der Waals surface area contributed by atoms with E-state index in [0.29, 0.717) is 30.9 Å². The average molecular weight is 452 g/mol. The molecule has 176 valence electrons. The molecule has 1 amide bonds. The van der Waals surface area contributed by atoms with Crippen molar-refractivity contribution in [2.75, 3.05) is 23.8 Å². The third-order valence-corrected chi connectivity index (χ3v) is 6.83. The van der Waals surface area contributed by atoms with Crippen LogP contribution in [0.25, 0.3) is 0 Å². The second-order valence-electron chi connectivity index (χ2n) is 9.08. The lowest BCUT2D eigenvalue weighted by atomic mass is 9.78. The molecule has 1 heterocycles. The van der Waals surface area contributed by atoms with Crippen LogP contribution in [0.1, 0.15) is 44.1 Å². The number of fused-ring (bicyclic) bond motifs is 1. The molecule has 1 aliphatic carbocycles. The molecule has 1 aliphatic heterocycles. The summed E-state index contributed by atoms with van der Waals surface area (Å²) >= 11 is 0. The van der Waals surface area contributed by atoms with E-state index in [2.05, 4.69) is 5.32 Å². The minimum absolute atomic E-state index is 0.0821. The Balaban J connectivity index is 1.45. The molecule has 4 N–H and O–H groups in total. The molecule has 33 heavy (non-hydrogen) atoms. The van der Waals surface area contributed by atoms with E-state index in [1.807, 2.05) is 48.5 Å². The minimum Gasteiger partial charge on any atom is -0.489 e. The Hall–Kier alpha value is -3.06. The van der Waals surface area contributed by atoms with Gasteiger partial charge in [0, 0.05) is 5.69 Å². The van der Waals surface area contributed by atoms with E-state index >= 15 is 0 Å². The molecule has 0 spiro atoms. The fraction of sp³-hybridized carbons (Fsp3) is 0.462. The summed E-state index contributed by atoms with van der Waals surface area (Å²) in [5.74, 6) is -0.296. The molecule has 2 aromatic carbocycles. The quantitative estimate of drug-likeness (QED) is 0.527. The number of rotatable bonds is 8. The Morgan fingerprint density at radius 3 is 2.58 bits per heavy atom. The number of carbonyl (C=O) groups excluding carboxylic acids is 1. The third-order valence-electron chi connectivity index (χ3n) is 6.83. The Morgan fingerprint density at radius 1 is 1.12 bits per heavy atom. The van der Waals surface area contributed by atoms with E-state index in [1.165, 1.54) is 6.42 Å². The lowest BCUT2D eigenvalue weighted by Gasteiger charge is -2.28. The summed E-state index contributed by atoms with van der Waals surface area (Å²) in [6.07, 6.45) is 5.87. The van der Waals surface area contributed by atoms with Gasteiger partial charge >= 0.3 is 5.97 Å². The molecule has 0 aromatic heterocycles. The molecule has 2 aliphatic rings. The predicted molar refractivity (Wildman–Crippen MR) is 128 cm³/mol. The predicted octanol–water partition coefficient (Wildman–Crippen LogP) is 3.82. The van der Waals surface area contributed by atoms with Gasteiger partial charge in [-0.05, 0) is 61.6 Å². The van der Waals surface area contributed by atoms with Crippen molar-refractivity contribution in [2.45, 2.75) is 51.1 Å². The van der Waals surface area contributed by atoms with Crippen LogP contribution in [0.5, 0.6) is 5.75 Å². The SMILES string of the molecule is Nc1ccc(CN2C(=O)[C@@H](NCC[C@H](C(=O)O)C3CCCCC3)COc3ccccc32)cc1. The molecule has 1 saturated carbocycles. The highest BCUT2D eigenvalue weighted by Gasteiger charge is 2.33. The highest BCUT2D eigenvalue weighted by atomic mass is 16.5. The van der Waals surface area contributed by atoms with E-state index < -0.39 is 12.0 Å². The normalized spacial score (nSPS) is 19.9. The summed E-state index contributed by atoms with van der Waals surface area (Å²) in [7, 11) is 0. The van der Waals surface area contributed by atoms with Crippen LogP contribution in [0.15, 0.2) is 48.5 Å². The number of amides is 1. The first-order chi connectivity index (χ1) is 16.0. The second kappa shape index (κ2) is 10.7. The number of aliphatic carboxylic acids is 1. The van der Waals surface area contributed by atoms with Crippen LogP contribution in [0.3, 0.4) is 0 Å². The van der Waals surface area contributed by atoms with Crippen molar-refractivity contribution in [3.8, 4) is 5.75 Å². The zero-order valence-corrected chi connectivity index (χ0v) is 18.9. The van der Waals surface area contributed by atoms with Gasteiger partial charge in [0.05, 0.1) is 18.2 Å². The van der Waals surface area contributed by atoms with E-state index in [0.717, 1.165) is 36.9 Å². The van der Waals surface area contributed by atoms with Crippen LogP contribution >= 0.6 is 0 Å². The number of benzene rings is 2. The summed E-state index contributed by atoms with van der Waals surface area (Å²) in [4.78, 5) is 27.2. The summed E-state index contributed by atoms with van der Waals surface area (Å²) in [6.45, 7) is 1.06. The molecule has 0 unspecified atom stereocenters. The molecule has 2 atom stereocenters. The topological polar surface area (TPSA) is 105 Å². The van der Waals surface area contributed by atoms with Gasteiger partial charge < -0.3 is 25.8 Å². The molecule has 4 rings (SSSR count). The number of anilines is 2. The Labute approximate surface area is 194 Å². The number of carbonyl (C=O) groups is 2. The van der Waals surface area contributed by atoms with Gasteiger partial charge in [0.1, 0.15) is 18.4 Å². The van der Waals surface area contributed by atoms with Gasteiger partial charge in [-0.15, -0.1) is 0 Å². The number of hydrogen-bond donors (Lipinski definition) is 3. The number of nitrogen functional groups attached to an aromatic ring is 1. The highest BCUT2D eigenvalue weighted by molar-refractivity contribution is 5.99. The van der Waals surface area contributed by atoms with Crippen molar-refractivity contribution in [2.24, 2.45) is 11.8 Å². The zero-order valence-electron chi connectivity index (χ0n) is 18.9. The maximum absolute atomic E-state index is 13.5. The minimum atomic E-state index is -0.732. The van der Waals surface area contributed by atoms with Gasteiger partial charge in [0.2, 0.25) is 5.91 Å². The van der Waals surface area contributed by atoms with Crippen molar-refractivity contribution in [1.29, 1.82) is 0 Å². The number of carboxylic acids is 1. The Kier molecular flexibility index (Phi) is 7.50. The summed E-state index contributed by atoms with van der Waals surface area (Å²) < 4.78 is 5.98. The first-order valence-electron chi connectivity index (χ1n) is 11.9. The lowest BCUT2D eigenvalue weighted by Crippen LogP contribution is -2.49. The van der Waals surface area contributed by atoms with Gasteiger partial charge in [-0.25, -0.2) is 0 Å². The smallest absolute Gasteiger partial charge is 0.306 e. The number of nitrogens with two attached hydrogens (primary N) is 1. The van der Waals surface area contributed by atoms with Crippen LogP contribution in [0, 0.1) is 11.8 Å². The maximum Gasteiger partial charge on any atom is 0.306 e. The van der Waals surface area contributed by atoms with Crippen LogP contribution in [0.4, 0.5) is 11.4 Å². The second-order valence-corrected chi connectivity index (χ2v) is 9.08. The van der Waals surface area contributed by atoms with Crippen LogP contribution in [-0.4, -0.2) is 36.2 Å². The number of ether oxygens (including phenoxy) is 1. The van der Waals surface area contributed by atoms with Crippen molar-refractivity contribution >= 4 is 23.3 Å². The van der Waals surface area contributed by atoms with Gasteiger partial charge in [-0.3, -0.25) is 9.59 Å². The fourth-order valence-electron chi connectivity index (χ4n) is 4.98. The van der Waals surface area contributed by atoms with Crippen LogP contribution < -0.4 is 20.7 Å². The van der Waals surface area contributed by atoms with Crippen molar-refractivity contribution in [3.05, 3.63) is 54.1 Å². The summed E-state index contributed by atoms with van der Waals surface area (Å²) in [6, 6.07) is 14.5. The van der Waals surface area contributed by atoms with Crippen molar-refractivity contribution < 1.29 is 19.4 Å². The fourth-order valence-corrected chi connectivity index (χ4v) is 4.98. The average Bonchev–Trinajstić information content (AvgIpc) is 2.95. The van der Waals surface area contributed by atoms with Crippen molar-refractivity contribution in [1.82, 2.24) is 5.32 Å². The monoisotopic (exact) mass is 451 g/mol. The maximum atomic E-state index is 13.5. The standard InChI is InChI=1S/C26H33N3O4/c27-20-12-10-18(11-13-20)16-29-23-8-4-5-9-24(23)33-17-22(25(29)30)28-15-14-21(26(31)32)19-6-2-1-3-7-19/h4-5,8-13,19,21-22,28H,1-3,6-7,14-17,27H2,(H,31,32)/t21-,22-/m0/s1. The Morgan fingerprint density at radius 2 is 1.85 bits per heavy atom. The zero-order chi connectivity index (χ0) is 23.2. The molecule has 0 radical (unpaired) electrons. The van der Waals surface area contributed by atoms with Gasteiger partial charge in [0.15, 0.2) is 0 Å². The van der Waals surface area contributed by atoms with Crippen LogP contribution in [-0.2, 0) is 16.1 Å². The summed E-state index contributed by atoms with van der Waals surface area (Å²) in [5, 5.41) is 13.1. The number of hydrogen-bond acceptors (Lipinski definition) is 5.